The Bertz CT molecular complexity index is 875. The highest BCUT2D eigenvalue weighted by Crippen LogP contribution is 2.45. The normalized spacial score (nSPS) is 18.5. The van der Waals surface area contributed by atoms with Crippen LogP contribution in [0.5, 0.6) is 5.75 Å². The van der Waals surface area contributed by atoms with Crippen LogP contribution in [-0.2, 0) is 20.9 Å². The molecule has 1 aliphatic rings. The van der Waals surface area contributed by atoms with Gasteiger partial charge < -0.3 is 9.84 Å². The SMILES string of the molecule is CC(=O)Oc1cc2c(cc1C(=O)c1ccccc1)CCC2(Cl)C(=O)O. The Kier molecular flexibility index (Phi) is 4.35. The average Bonchev–Trinajstić information content (AvgIpc) is 2.92. The van der Waals surface area contributed by atoms with Gasteiger partial charge in [0.1, 0.15) is 5.75 Å². The molecule has 5 nitrogen and oxygen atoms in total. The van der Waals surface area contributed by atoms with Crippen LogP contribution < -0.4 is 4.74 Å². The van der Waals surface area contributed by atoms with Crippen molar-refractivity contribution in [2.45, 2.75) is 24.6 Å². The highest BCUT2D eigenvalue weighted by Gasteiger charge is 2.45. The topological polar surface area (TPSA) is 80.7 Å². The number of carbonyl (C=O) groups excluding carboxylic acids is 2. The Morgan fingerprint density at radius 2 is 1.84 bits per heavy atom. The quantitative estimate of drug-likeness (QED) is 0.392. The van der Waals surface area contributed by atoms with E-state index < -0.39 is 16.8 Å². The summed E-state index contributed by atoms with van der Waals surface area (Å²) < 4.78 is 5.18. The highest BCUT2D eigenvalue weighted by molar-refractivity contribution is 6.34. The lowest BCUT2D eigenvalue weighted by Gasteiger charge is -2.18. The van der Waals surface area contributed by atoms with Crippen LogP contribution in [0.1, 0.15) is 40.4 Å². The molecule has 0 amide bonds. The van der Waals surface area contributed by atoms with Crippen molar-refractivity contribution in [3.8, 4) is 5.75 Å². The number of carbonyl (C=O) groups is 3. The molecule has 0 bridgehead atoms. The minimum absolute atomic E-state index is 0.0216. The van der Waals surface area contributed by atoms with Gasteiger partial charge in [-0.15, -0.1) is 11.6 Å². The number of hydrogen-bond acceptors (Lipinski definition) is 4. The number of hydrogen-bond donors (Lipinski definition) is 1. The van der Waals surface area contributed by atoms with E-state index in [1.54, 1.807) is 36.4 Å². The number of carboxylic acid groups (broad SMARTS) is 1. The van der Waals surface area contributed by atoms with E-state index in [4.69, 9.17) is 16.3 Å². The van der Waals surface area contributed by atoms with Crippen LogP contribution in [0, 0.1) is 0 Å². The fourth-order valence-corrected chi connectivity index (χ4v) is 3.30. The number of aliphatic carboxylic acids is 1. The second kappa shape index (κ2) is 6.33. The Hall–Kier alpha value is -2.66. The summed E-state index contributed by atoms with van der Waals surface area (Å²) in [6, 6.07) is 11.6. The maximum Gasteiger partial charge on any atom is 0.329 e. The maximum atomic E-state index is 12.8. The summed E-state index contributed by atoms with van der Waals surface area (Å²) in [5.41, 5.74) is 1.70. The van der Waals surface area contributed by atoms with Crippen LogP contribution >= 0.6 is 11.6 Å². The first-order valence-corrected chi connectivity index (χ1v) is 8.08. The third-order valence-corrected chi connectivity index (χ3v) is 4.80. The second-order valence-electron chi connectivity index (χ2n) is 5.90. The lowest BCUT2D eigenvalue weighted by Crippen LogP contribution is -2.26. The minimum Gasteiger partial charge on any atom is -0.480 e. The first kappa shape index (κ1) is 17.2. The summed E-state index contributed by atoms with van der Waals surface area (Å²) in [6.45, 7) is 1.22. The molecule has 0 spiro atoms. The summed E-state index contributed by atoms with van der Waals surface area (Å²) in [4.78, 5) is 34.2. The summed E-state index contributed by atoms with van der Waals surface area (Å²) in [6.07, 6.45) is 0.641. The first-order chi connectivity index (χ1) is 11.8. The molecule has 0 heterocycles. The third-order valence-electron chi connectivity index (χ3n) is 4.24. The molecule has 2 aromatic carbocycles. The van der Waals surface area contributed by atoms with Crippen LogP contribution in [0.2, 0.25) is 0 Å². The van der Waals surface area contributed by atoms with Crippen molar-refractivity contribution in [3.63, 3.8) is 0 Å². The molecule has 1 aliphatic carbocycles. The smallest absolute Gasteiger partial charge is 0.329 e. The zero-order valence-electron chi connectivity index (χ0n) is 13.4. The summed E-state index contributed by atoms with van der Waals surface area (Å²) in [5.74, 6) is -2.05. The standard InChI is InChI=1S/C19H15ClO5/c1-11(21)25-16-10-15-13(7-8-19(15,20)18(23)24)9-14(16)17(22)12-5-3-2-4-6-12/h2-6,9-10H,7-8H2,1H3,(H,23,24). The lowest BCUT2D eigenvalue weighted by molar-refractivity contribution is -0.140. The van der Waals surface area contributed by atoms with Crippen LogP contribution in [0.25, 0.3) is 0 Å². The zero-order valence-corrected chi connectivity index (χ0v) is 14.2. The van der Waals surface area contributed by atoms with Gasteiger partial charge in [-0.3, -0.25) is 9.59 Å². The number of rotatable bonds is 4. The maximum absolute atomic E-state index is 12.8. The molecule has 1 atom stereocenters. The molecule has 2 aromatic rings. The number of ether oxygens (including phenoxy) is 1. The minimum atomic E-state index is -1.57. The third kappa shape index (κ3) is 3.03. The van der Waals surface area contributed by atoms with Crippen molar-refractivity contribution in [1.29, 1.82) is 0 Å². The van der Waals surface area contributed by atoms with E-state index in [0.29, 0.717) is 23.1 Å². The molecule has 6 heteroatoms. The summed E-state index contributed by atoms with van der Waals surface area (Å²) in [5, 5.41) is 9.44. The zero-order chi connectivity index (χ0) is 18.2. The van der Waals surface area contributed by atoms with Gasteiger partial charge in [0.05, 0.1) is 5.56 Å². The lowest BCUT2D eigenvalue weighted by atomic mass is 9.95. The van der Waals surface area contributed by atoms with Crippen molar-refractivity contribution < 1.29 is 24.2 Å². The van der Waals surface area contributed by atoms with Crippen molar-refractivity contribution >= 4 is 29.3 Å². The molecule has 0 aliphatic heterocycles. The van der Waals surface area contributed by atoms with E-state index in [-0.39, 0.29) is 23.5 Å². The van der Waals surface area contributed by atoms with Gasteiger partial charge in [0.2, 0.25) is 0 Å². The summed E-state index contributed by atoms with van der Waals surface area (Å²) in [7, 11) is 0. The molecule has 128 valence electrons. The fraction of sp³-hybridized carbons (Fsp3) is 0.211. The summed E-state index contributed by atoms with van der Waals surface area (Å²) >= 11 is 6.27. The number of aryl methyl sites for hydroxylation is 1. The molecule has 1 unspecified atom stereocenters. The van der Waals surface area contributed by atoms with Gasteiger partial charge in [0, 0.05) is 12.5 Å². The molecular weight excluding hydrogens is 344 g/mol. The Labute approximate surface area is 149 Å². The van der Waals surface area contributed by atoms with Gasteiger partial charge in [-0.1, -0.05) is 30.3 Å². The molecule has 0 aromatic heterocycles. The monoisotopic (exact) mass is 358 g/mol. The van der Waals surface area contributed by atoms with Gasteiger partial charge in [0.15, 0.2) is 10.7 Å². The molecule has 1 N–H and O–H groups in total. The van der Waals surface area contributed by atoms with E-state index in [0.717, 1.165) is 0 Å². The van der Waals surface area contributed by atoms with E-state index in [1.165, 1.54) is 13.0 Å². The van der Waals surface area contributed by atoms with Crippen LogP contribution in [-0.4, -0.2) is 22.8 Å². The highest BCUT2D eigenvalue weighted by atomic mass is 35.5. The van der Waals surface area contributed by atoms with Crippen molar-refractivity contribution in [1.82, 2.24) is 0 Å². The van der Waals surface area contributed by atoms with E-state index in [1.807, 2.05) is 0 Å². The average molecular weight is 359 g/mol. The number of esters is 1. The van der Waals surface area contributed by atoms with Crippen LogP contribution in [0.4, 0.5) is 0 Å². The van der Waals surface area contributed by atoms with Gasteiger partial charge in [-0.25, -0.2) is 4.79 Å². The number of benzene rings is 2. The molecule has 3 rings (SSSR count). The second-order valence-corrected chi connectivity index (χ2v) is 6.55. The van der Waals surface area contributed by atoms with Gasteiger partial charge in [-0.05, 0) is 36.1 Å². The number of ketones is 1. The van der Waals surface area contributed by atoms with E-state index in [2.05, 4.69) is 0 Å². The van der Waals surface area contributed by atoms with E-state index in [9.17, 15) is 19.5 Å². The Morgan fingerprint density at radius 3 is 2.44 bits per heavy atom. The molecule has 0 radical (unpaired) electrons. The van der Waals surface area contributed by atoms with E-state index >= 15 is 0 Å². The molecule has 0 fully saturated rings. The first-order valence-electron chi connectivity index (χ1n) is 7.71. The largest absolute Gasteiger partial charge is 0.480 e. The molecule has 0 saturated heterocycles. The van der Waals surface area contributed by atoms with Crippen LogP contribution in [0.15, 0.2) is 42.5 Å². The molecule has 25 heavy (non-hydrogen) atoms. The number of halogens is 1. The number of fused-ring (bicyclic) bond motifs is 1. The number of alkyl halides is 1. The Balaban J connectivity index is 2.15. The molecular formula is C19H15ClO5. The predicted molar refractivity (Wildman–Crippen MR) is 91.1 cm³/mol. The molecule has 0 saturated carbocycles. The van der Waals surface area contributed by atoms with Gasteiger partial charge in [-0.2, -0.15) is 0 Å². The van der Waals surface area contributed by atoms with Crippen LogP contribution in [0.3, 0.4) is 0 Å². The van der Waals surface area contributed by atoms with Crippen molar-refractivity contribution in [3.05, 3.63) is 64.7 Å². The Morgan fingerprint density at radius 1 is 1.16 bits per heavy atom. The number of carboxylic acids is 1. The van der Waals surface area contributed by atoms with Crippen molar-refractivity contribution in [2.75, 3.05) is 0 Å². The fourth-order valence-electron chi connectivity index (χ4n) is 3.03. The van der Waals surface area contributed by atoms with Gasteiger partial charge >= 0.3 is 11.9 Å². The van der Waals surface area contributed by atoms with Gasteiger partial charge in [0.25, 0.3) is 0 Å². The predicted octanol–water partition coefficient (Wildman–Crippen LogP) is 3.31. The van der Waals surface area contributed by atoms with Crippen molar-refractivity contribution in [2.24, 2.45) is 0 Å².